The number of thiophene rings is 1. The Bertz CT molecular complexity index is 713. The summed E-state index contributed by atoms with van der Waals surface area (Å²) in [5.74, 6) is -0.881. The van der Waals surface area contributed by atoms with Gasteiger partial charge >= 0.3 is 5.97 Å². The summed E-state index contributed by atoms with van der Waals surface area (Å²) >= 11 is 1.77. The average Bonchev–Trinajstić information content (AvgIpc) is 3.05. The van der Waals surface area contributed by atoms with Crippen molar-refractivity contribution in [1.29, 1.82) is 0 Å². The molecule has 2 aromatic heterocycles. The van der Waals surface area contributed by atoms with E-state index in [4.69, 9.17) is 5.11 Å². The van der Waals surface area contributed by atoms with Crippen molar-refractivity contribution in [1.82, 2.24) is 4.57 Å². The van der Waals surface area contributed by atoms with E-state index in [9.17, 15) is 4.79 Å². The number of hydrogen-bond acceptors (Lipinski definition) is 2. The van der Waals surface area contributed by atoms with Crippen molar-refractivity contribution >= 4 is 28.2 Å². The molecule has 3 nitrogen and oxygen atoms in total. The first-order valence-electron chi connectivity index (χ1n) is 6.08. The topological polar surface area (TPSA) is 42.2 Å². The third kappa shape index (κ3) is 2.39. The Kier molecular flexibility index (Phi) is 3.09. The summed E-state index contributed by atoms with van der Waals surface area (Å²) in [6.07, 6.45) is 3.02. The molecule has 19 heavy (non-hydrogen) atoms. The van der Waals surface area contributed by atoms with Gasteiger partial charge in [0.15, 0.2) is 0 Å². The lowest BCUT2D eigenvalue weighted by molar-refractivity contribution is 0.0697. The van der Waals surface area contributed by atoms with E-state index < -0.39 is 5.97 Å². The second-order valence-electron chi connectivity index (χ2n) is 4.42. The number of carboxylic acids is 1. The second kappa shape index (κ2) is 4.90. The molecule has 0 amide bonds. The van der Waals surface area contributed by atoms with Gasteiger partial charge < -0.3 is 9.67 Å². The minimum atomic E-state index is -0.881. The van der Waals surface area contributed by atoms with Crippen LogP contribution < -0.4 is 0 Å². The van der Waals surface area contributed by atoms with Crippen LogP contribution in [0.4, 0.5) is 0 Å². The van der Waals surface area contributed by atoms with Crippen LogP contribution >= 0.6 is 11.3 Å². The molecule has 0 bridgehead atoms. The summed E-state index contributed by atoms with van der Waals surface area (Å²) in [6.45, 7) is 0.913. The van der Waals surface area contributed by atoms with Crippen LogP contribution in [0.25, 0.3) is 10.9 Å². The van der Waals surface area contributed by atoms with Gasteiger partial charge in [-0.05, 0) is 42.1 Å². The Labute approximate surface area is 114 Å². The fraction of sp³-hybridized carbons (Fsp3) is 0.133. The summed E-state index contributed by atoms with van der Waals surface area (Å²) in [6, 6.07) is 11.4. The Morgan fingerprint density at radius 2 is 2.16 bits per heavy atom. The first kappa shape index (κ1) is 12.0. The molecule has 0 atom stereocenters. The summed E-state index contributed by atoms with van der Waals surface area (Å²) < 4.78 is 2.17. The summed E-state index contributed by atoms with van der Waals surface area (Å²) in [7, 11) is 0. The molecule has 0 aliphatic heterocycles. The van der Waals surface area contributed by atoms with E-state index in [2.05, 4.69) is 22.1 Å². The van der Waals surface area contributed by atoms with Crippen molar-refractivity contribution in [2.24, 2.45) is 0 Å². The molecule has 0 fully saturated rings. The molecule has 3 aromatic rings. The van der Waals surface area contributed by atoms with E-state index in [-0.39, 0.29) is 0 Å². The van der Waals surface area contributed by atoms with Crippen LogP contribution in [-0.2, 0) is 13.0 Å². The maximum Gasteiger partial charge on any atom is 0.335 e. The maximum atomic E-state index is 10.9. The molecule has 0 aliphatic carbocycles. The van der Waals surface area contributed by atoms with E-state index in [1.54, 1.807) is 23.5 Å². The van der Waals surface area contributed by atoms with Gasteiger partial charge in [0.05, 0.1) is 5.56 Å². The SMILES string of the molecule is O=C(O)c1ccc2c(ccn2CCc2cccs2)c1. The van der Waals surface area contributed by atoms with Crippen molar-refractivity contribution in [2.75, 3.05) is 0 Å². The first-order chi connectivity index (χ1) is 9.24. The number of rotatable bonds is 4. The van der Waals surface area contributed by atoms with Crippen LogP contribution in [0.1, 0.15) is 15.2 Å². The van der Waals surface area contributed by atoms with E-state index in [0.717, 1.165) is 23.9 Å². The number of nitrogens with zero attached hydrogens (tertiary/aromatic N) is 1. The smallest absolute Gasteiger partial charge is 0.335 e. The maximum absolute atomic E-state index is 10.9. The molecule has 96 valence electrons. The van der Waals surface area contributed by atoms with Crippen molar-refractivity contribution in [3.8, 4) is 0 Å². The van der Waals surface area contributed by atoms with E-state index in [1.807, 2.05) is 18.3 Å². The average molecular weight is 271 g/mol. The number of benzene rings is 1. The Balaban J connectivity index is 1.86. The largest absolute Gasteiger partial charge is 0.478 e. The van der Waals surface area contributed by atoms with Gasteiger partial charge in [0.1, 0.15) is 0 Å². The van der Waals surface area contributed by atoms with Crippen molar-refractivity contribution in [3.05, 3.63) is 58.4 Å². The first-order valence-corrected chi connectivity index (χ1v) is 6.96. The van der Waals surface area contributed by atoms with Crippen molar-refractivity contribution in [3.63, 3.8) is 0 Å². The quantitative estimate of drug-likeness (QED) is 0.787. The monoisotopic (exact) mass is 271 g/mol. The molecule has 1 N–H and O–H groups in total. The number of aromatic nitrogens is 1. The molecular formula is C15H13NO2S. The van der Waals surface area contributed by atoms with Crippen LogP contribution in [0.5, 0.6) is 0 Å². The van der Waals surface area contributed by atoms with Crippen LogP contribution in [0.2, 0.25) is 0 Å². The molecule has 2 heterocycles. The molecule has 1 aromatic carbocycles. The molecule has 0 spiro atoms. The van der Waals surface area contributed by atoms with Crippen LogP contribution in [-0.4, -0.2) is 15.6 Å². The lowest BCUT2D eigenvalue weighted by Crippen LogP contribution is -1.99. The van der Waals surface area contributed by atoms with E-state index in [1.165, 1.54) is 4.88 Å². The van der Waals surface area contributed by atoms with Gasteiger partial charge in [0.25, 0.3) is 0 Å². The molecule has 4 heteroatoms. The van der Waals surface area contributed by atoms with Gasteiger partial charge in [-0.15, -0.1) is 11.3 Å². The van der Waals surface area contributed by atoms with Crippen LogP contribution in [0, 0.1) is 0 Å². The summed E-state index contributed by atoms with van der Waals surface area (Å²) in [5, 5.41) is 12.0. The van der Waals surface area contributed by atoms with Gasteiger partial charge in [-0.25, -0.2) is 4.79 Å². The highest BCUT2D eigenvalue weighted by Gasteiger charge is 2.06. The molecule has 0 saturated carbocycles. The van der Waals surface area contributed by atoms with Gasteiger partial charge in [-0.2, -0.15) is 0 Å². The fourth-order valence-corrected chi connectivity index (χ4v) is 2.91. The number of aryl methyl sites for hydroxylation is 2. The van der Waals surface area contributed by atoms with Gasteiger partial charge in [-0.3, -0.25) is 0 Å². The Morgan fingerprint density at radius 1 is 1.26 bits per heavy atom. The number of aromatic carboxylic acids is 1. The van der Waals surface area contributed by atoms with Crippen molar-refractivity contribution in [2.45, 2.75) is 13.0 Å². The van der Waals surface area contributed by atoms with Crippen molar-refractivity contribution < 1.29 is 9.90 Å². The number of carboxylic acid groups (broad SMARTS) is 1. The summed E-state index contributed by atoms with van der Waals surface area (Å²) in [4.78, 5) is 12.3. The van der Waals surface area contributed by atoms with Gasteiger partial charge in [0, 0.05) is 28.5 Å². The van der Waals surface area contributed by atoms with E-state index >= 15 is 0 Å². The van der Waals surface area contributed by atoms with E-state index in [0.29, 0.717) is 5.56 Å². The molecule has 0 saturated heterocycles. The van der Waals surface area contributed by atoms with Crippen LogP contribution in [0.15, 0.2) is 48.0 Å². The zero-order valence-electron chi connectivity index (χ0n) is 10.2. The molecule has 0 unspecified atom stereocenters. The molecule has 3 rings (SSSR count). The molecule has 0 aliphatic rings. The predicted molar refractivity (Wildman–Crippen MR) is 76.9 cm³/mol. The highest BCUT2D eigenvalue weighted by Crippen LogP contribution is 2.19. The zero-order valence-corrected chi connectivity index (χ0v) is 11.1. The van der Waals surface area contributed by atoms with Gasteiger partial charge in [-0.1, -0.05) is 6.07 Å². The highest BCUT2D eigenvalue weighted by atomic mass is 32.1. The fourth-order valence-electron chi connectivity index (χ4n) is 2.21. The third-order valence-electron chi connectivity index (χ3n) is 3.20. The predicted octanol–water partition coefficient (Wildman–Crippen LogP) is 3.64. The summed E-state index contributed by atoms with van der Waals surface area (Å²) in [5.41, 5.74) is 1.42. The second-order valence-corrected chi connectivity index (χ2v) is 5.45. The zero-order chi connectivity index (χ0) is 13.2. The number of carbonyl (C=O) groups is 1. The highest BCUT2D eigenvalue weighted by molar-refractivity contribution is 7.09. The van der Waals surface area contributed by atoms with Gasteiger partial charge in [0.2, 0.25) is 0 Å². The molecule has 0 radical (unpaired) electrons. The Morgan fingerprint density at radius 3 is 2.89 bits per heavy atom. The lowest BCUT2D eigenvalue weighted by Gasteiger charge is -2.04. The third-order valence-corrected chi connectivity index (χ3v) is 4.13. The Hall–Kier alpha value is -2.07. The minimum absolute atomic E-state index is 0.337. The normalized spacial score (nSPS) is 10.9. The number of fused-ring (bicyclic) bond motifs is 1. The number of hydrogen-bond donors (Lipinski definition) is 1. The molecular weight excluding hydrogens is 258 g/mol. The standard InChI is InChI=1S/C15H13NO2S/c17-15(18)12-3-4-14-11(10-12)5-7-16(14)8-6-13-2-1-9-19-13/h1-5,7,9-10H,6,8H2,(H,17,18). The van der Waals surface area contributed by atoms with Crippen LogP contribution in [0.3, 0.4) is 0 Å². The lowest BCUT2D eigenvalue weighted by atomic mass is 10.1. The minimum Gasteiger partial charge on any atom is -0.478 e.